The number of carbonyl (C=O) groups is 12. The Labute approximate surface area is 514 Å². The molecule has 0 unspecified atom stereocenters. The molecule has 8 aromatic rings. The Balaban J connectivity index is 0.000000163. The van der Waals surface area contributed by atoms with Gasteiger partial charge in [-0.3, -0.25) is 58.0 Å². The van der Waals surface area contributed by atoms with Gasteiger partial charge in [0, 0.05) is 39.0 Å². The molecular formula is C64H44N4O16Rh2. The summed E-state index contributed by atoms with van der Waals surface area (Å²) in [7, 11) is 0. The van der Waals surface area contributed by atoms with Crippen molar-refractivity contribution in [3.8, 4) is 0 Å². The number of imide groups is 4. The monoisotopic (exact) mass is 1330 g/mol. The number of carboxylic acids is 4. The SMILES string of the molecule is O=C(O)[C@@H](c1ccccc1)N1C(=O)c2ccccc2C1=O.O=C(O)[C@@H](c1ccccc1)N1C(=O)c2ccccc2C1=O.O=C(O)[C@@H](c1ccccc1)N1C(=O)c2ccccc2C1=O.O=C(O)[C@@H](c1ccccc1)N1C(=O)c2ccccc2C1=O.[Rh].[Rh]. The number of carboxylic acid groups (broad SMARTS) is 4. The number of nitrogens with zero attached hydrogens (tertiary/aromatic N) is 4. The first kappa shape index (κ1) is 63.0. The molecule has 0 bridgehead atoms. The molecule has 12 rings (SSSR count). The molecule has 0 aromatic heterocycles. The van der Waals surface area contributed by atoms with Crippen LogP contribution < -0.4 is 0 Å². The van der Waals surface area contributed by atoms with E-state index in [-0.39, 0.29) is 83.5 Å². The third-order valence-corrected chi connectivity index (χ3v) is 13.7. The number of rotatable bonds is 12. The molecule has 20 nitrogen and oxygen atoms in total. The maximum atomic E-state index is 12.4. The fraction of sp³-hybridized carbons (Fsp3) is 0.0625. The standard InChI is InChI=1S/4C16H11NO4.2Rh/c4*18-14-11-8-4-5-9-12(11)15(19)17(14)13(16(20)21)10-6-2-1-3-7-10;;/h4*1-9,13H,(H,20,21);;/t4*13-;;/m1111../s1. The normalized spacial score (nSPS) is 14.6. The number of carbonyl (C=O) groups excluding carboxylic acids is 8. The van der Waals surface area contributed by atoms with E-state index in [4.69, 9.17) is 0 Å². The molecule has 4 aliphatic rings. The molecule has 0 spiro atoms. The van der Waals surface area contributed by atoms with E-state index in [1.54, 1.807) is 170 Å². The second-order valence-electron chi connectivity index (χ2n) is 18.7. The zero-order valence-electron chi connectivity index (χ0n) is 44.2. The van der Waals surface area contributed by atoms with Gasteiger partial charge in [-0.1, -0.05) is 170 Å². The van der Waals surface area contributed by atoms with Crippen molar-refractivity contribution >= 4 is 71.1 Å². The minimum absolute atomic E-state index is 0. The fourth-order valence-electron chi connectivity index (χ4n) is 9.92. The molecule has 22 heteroatoms. The largest absolute Gasteiger partial charge is 0.479 e. The molecule has 8 aromatic carbocycles. The summed E-state index contributed by atoms with van der Waals surface area (Å²) in [6, 6.07) is 53.1. The summed E-state index contributed by atoms with van der Waals surface area (Å²) in [6.07, 6.45) is 0. The summed E-state index contributed by atoms with van der Waals surface area (Å²) in [6.45, 7) is 0. The quantitative estimate of drug-likeness (QED) is 0.0659. The van der Waals surface area contributed by atoms with Crippen molar-refractivity contribution in [2.45, 2.75) is 24.2 Å². The molecule has 0 saturated heterocycles. The van der Waals surface area contributed by atoms with Gasteiger partial charge < -0.3 is 20.4 Å². The Bertz CT molecular complexity index is 3350. The Morgan fingerprint density at radius 1 is 0.221 bits per heavy atom. The summed E-state index contributed by atoms with van der Waals surface area (Å²) in [5, 5.41) is 37.8. The summed E-state index contributed by atoms with van der Waals surface area (Å²) in [4.78, 5) is 149. The smallest absolute Gasteiger partial charge is 0.331 e. The first-order valence-corrected chi connectivity index (χ1v) is 25.4. The van der Waals surface area contributed by atoms with Crippen LogP contribution in [0.5, 0.6) is 0 Å². The zero-order valence-corrected chi connectivity index (χ0v) is 47.5. The van der Waals surface area contributed by atoms with Crippen LogP contribution in [0, 0.1) is 0 Å². The van der Waals surface area contributed by atoms with Gasteiger partial charge in [0.05, 0.1) is 44.5 Å². The van der Waals surface area contributed by atoms with Crippen LogP contribution >= 0.6 is 0 Å². The Morgan fingerprint density at radius 2 is 0.337 bits per heavy atom. The van der Waals surface area contributed by atoms with Crippen LogP contribution in [-0.4, -0.2) is 111 Å². The van der Waals surface area contributed by atoms with Crippen molar-refractivity contribution in [3.05, 3.63) is 285 Å². The van der Waals surface area contributed by atoms with E-state index in [1.807, 2.05) is 0 Å². The van der Waals surface area contributed by atoms with E-state index < -0.39 is 95.3 Å². The van der Waals surface area contributed by atoms with Crippen molar-refractivity contribution in [3.63, 3.8) is 0 Å². The van der Waals surface area contributed by atoms with Crippen molar-refractivity contribution in [1.29, 1.82) is 0 Å². The second kappa shape index (κ2) is 27.2. The summed E-state index contributed by atoms with van der Waals surface area (Å²) < 4.78 is 0. The van der Waals surface area contributed by atoms with Gasteiger partial charge in [0.25, 0.3) is 47.3 Å². The van der Waals surface area contributed by atoms with Crippen molar-refractivity contribution in [2.75, 3.05) is 0 Å². The van der Waals surface area contributed by atoms with Crippen LogP contribution in [0.25, 0.3) is 0 Å². The van der Waals surface area contributed by atoms with Gasteiger partial charge in [0.2, 0.25) is 0 Å². The molecule has 4 heterocycles. The summed E-state index contributed by atoms with van der Waals surface area (Å²) in [5.74, 6) is -9.58. The first-order valence-electron chi connectivity index (χ1n) is 25.4. The van der Waals surface area contributed by atoms with Crippen LogP contribution in [0.15, 0.2) is 218 Å². The van der Waals surface area contributed by atoms with Crippen LogP contribution in [-0.2, 0) is 58.1 Å². The molecule has 0 fully saturated rings. The summed E-state index contributed by atoms with van der Waals surface area (Å²) >= 11 is 0. The topological polar surface area (TPSA) is 299 Å². The number of aliphatic carboxylic acids is 4. The Hall–Kier alpha value is -10.6. The van der Waals surface area contributed by atoms with Crippen molar-refractivity contribution < 1.29 is 117 Å². The number of hydrogen-bond acceptors (Lipinski definition) is 12. The van der Waals surface area contributed by atoms with Crippen LogP contribution in [0.4, 0.5) is 0 Å². The number of amides is 8. The summed E-state index contributed by atoms with van der Waals surface area (Å²) in [5.41, 5.74) is 3.48. The van der Waals surface area contributed by atoms with E-state index in [9.17, 15) is 78.0 Å². The van der Waals surface area contributed by atoms with Gasteiger partial charge in [0.1, 0.15) is 0 Å². The minimum atomic E-state index is -1.32. The number of fused-ring (bicyclic) bond motifs is 4. The van der Waals surface area contributed by atoms with Gasteiger partial charge in [-0.15, -0.1) is 0 Å². The van der Waals surface area contributed by atoms with E-state index in [0.717, 1.165) is 19.6 Å². The molecule has 86 heavy (non-hydrogen) atoms. The predicted octanol–water partition coefficient (Wildman–Crippen LogP) is 8.43. The average Bonchev–Trinajstić information content (AvgIpc) is 1.80. The molecule has 0 aliphatic carbocycles. The van der Waals surface area contributed by atoms with Crippen LogP contribution in [0.1, 0.15) is 129 Å². The molecule has 4 N–H and O–H groups in total. The second-order valence-corrected chi connectivity index (χ2v) is 18.7. The molecule has 0 saturated carbocycles. The third kappa shape index (κ3) is 12.2. The molecule has 4 atom stereocenters. The van der Waals surface area contributed by atoms with Crippen LogP contribution in [0.3, 0.4) is 0 Å². The van der Waals surface area contributed by atoms with Crippen molar-refractivity contribution in [1.82, 2.24) is 19.6 Å². The number of benzene rings is 8. The molecule has 4 aliphatic heterocycles. The Morgan fingerprint density at radius 3 is 0.453 bits per heavy atom. The maximum absolute atomic E-state index is 12.4. The predicted molar refractivity (Wildman–Crippen MR) is 295 cm³/mol. The van der Waals surface area contributed by atoms with Gasteiger partial charge >= 0.3 is 23.9 Å². The maximum Gasteiger partial charge on any atom is 0.331 e. The van der Waals surface area contributed by atoms with Gasteiger partial charge in [-0.25, -0.2) is 19.2 Å². The van der Waals surface area contributed by atoms with E-state index in [2.05, 4.69) is 0 Å². The molecule has 2 radical (unpaired) electrons. The van der Waals surface area contributed by atoms with E-state index in [1.165, 1.54) is 48.5 Å². The third-order valence-electron chi connectivity index (χ3n) is 13.7. The number of hydrogen-bond donors (Lipinski definition) is 4. The van der Waals surface area contributed by atoms with E-state index in [0.29, 0.717) is 22.3 Å². The minimum Gasteiger partial charge on any atom is -0.479 e. The van der Waals surface area contributed by atoms with Crippen molar-refractivity contribution in [2.24, 2.45) is 0 Å². The average molecular weight is 1330 g/mol. The first-order chi connectivity index (χ1) is 40.4. The molecular weight excluding hydrogens is 1290 g/mol. The van der Waals surface area contributed by atoms with Gasteiger partial charge in [0.15, 0.2) is 24.2 Å². The van der Waals surface area contributed by atoms with E-state index >= 15 is 0 Å². The Kier molecular flexibility index (Phi) is 20.0. The molecule has 8 amide bonds. The van der Waals surface area contributed by atoms with Gasteiger partial charge in [-0.05, 0) is 70.8 Å². The zero-order chi connectivity index (χ0) is 59.9. The molecule has 434 valence electrons. The fourth-order valence-corrected chi connectivity index (χ4v) is 9.92. The van der Waals surface area contributed by atoms with Crippen LogP contribution in [0.2, 0.25) is 0 Å². The van der Waals surface area contributed by atoms with Gasteiger partial charge in [-0.2, -0.15) is 0 Å².